The minimum atomic E-state index is -2.83. The van der Waals surface area contributed by atoms with E-state index < -0.39 is 9.84 Å². The van der Waals surface area contributed by atoms with Gasteiger partial charge in [0, 0.05) is 19.0 Å². The molecule has 0 spiro atoms. The van der Waals surface area contributed by atoms with E-state index in [1.807, 2.05) is 25.3 Å². The molecule has 1 aromatic heterocycles. The second-order valence-electron chi connectivity index (χ2n) is 3.99. The van der Waals surface area contributed by atoms with Gasteiger partial charge in [-0.1, -0.05) is 6.07 Å². The quantitative estimate of drug-likeness (QED) is 0.753. The van der Waals surface area contributed by atoms with E-state index in [2.05, 4.69) is 10.3 Å². The molecule has 1 N–H and O–H groups in total. The largest absolute Gasteiger partial charge is 0.311 e. The summed E-state index contributed by atoms with van der Waals surface area (Å²) in [4.78, 5) is 4.24. The Morgan fingerprint density at radius 2 is 2.12 bits per heavy atom. The number of pyridine rings is 1. The van der Waals surface area contributed by atoms with Crippen molar-refractivity contribution >= 4 is 9.84 Å². The van der Waals surface area contributed by atoms with Crippen LogP contribution in [0.15, 0.2) is 18.3 Å². The lowest BCUT2D eigenvalue weighted by atomic mass is 10.3. The number of hydrogen-bond donors (Lipinski definition) is 1. The first kappa shape index (κ1) is 13.1. The Kier molecular flexibility index (Phi) is 4.89. The van der Waals surface area contributed by atoms with Gasteiger partial charge < -0.3 is 5.32 Å². The molecule has 5 heteroatoms. The van der Waals surface area contributed by atoms with Gasteiger partial charge in [-0.05, 0) is 31.5 Å². The van der Waals surface area contributed by atoms with Crippen LogP contribution < -0.4 is 5.32 Å². The number of sulfone groups is 1. The highest BCUT2D eigenvalue weighted by molar-refractivity contribution is 7.90. The van der Waals surface area contributed by atoms with Gasteiger partial charge in [-0.3, -0.25) is 4.98 Å². The van der Waals surface area contributed by atoms with Crippen molar-refractivity contribution in [2.45, 2.75) is 19.9 Å². The van der Waals surface area contributed by atoms with Crippen LogP contribution in [0.3, 0.4) is 0 Å². The SMILES string of the molecule is Cc1ccc(CNCCCS(C)(=O)=O)nc1. The van der Waals surface area contributed by atoms with Crippen molar-refractivity contribution in [2.75, 3.05) is 18.6 Å². The van der Waals surface area contributed by atoms with Crippen LogP contribution in [0.1, 0.15) is 17.7 Å². The first-order valence-electron chi connectivity index (χ1n) is 5.27. The zero-order valence-electron chi connectivity index (χ0n) is 9.73. The first-order chi connectivity index (χ1) is 7.47. The lowest BCUT2D eigenvalue weighted by Crippen LogP contribution is -2.18. The molecule has 1 rings (SSSR count). The number of rotatable bonds is 6. The van der Waals surface area contributed by atoms with E-state index in [0.717, 1.165) is 11.3 Å². The van der Waals surface area contributed by atoms with Gasteiger partial charge in [0.2, 0.25) is 0 Å². The van der Waals surface area contributed by atoms with Crippen LogP contribution >= 0.6 is 0 Å². The van der Waals surface area contributed by atoms with Gasteiger partial charge in [-0.15, -0.1) is 0 Å². The molecule has 16 heavy (non-hydrogen) atoms. The molecule has 0 amide bonds. The summed E-state index contributed by atoms with van der Waals surface area (Å²) in [7, 11) is -2.83. The summed E-state index contributed by atoms with van der Waals surface area (Å²) in [5.74, 6) is 0.237. The minimum absolute atomic E-state index is 0.237. The summed E-state index contributed by atoms with van der Waals surface area (Å²) in [6, 6.07) is 3.99. The van der Waals surface area contributed by atoms with Crippen molar-refractivity contribution in [3.63, 3.8) is 0 Å². The Labute approximate surface area is 97.0 Å². The smallest absolute Gasteiger partial charge is 0.147 e. The Bertz CT molecular complexity index is 412. The van der Waals surface area contributed by atoms with Crippen molar-refractivity contribution in [2.24, 2.45) is 0 Å². The van der Waals surface area contributed by atoms with Gasteiger partial charge in [0.05, 0.1) is 11.4 Å². The lowest BCUT2D eigenvalue weighted by molar-refractivity contribution is 0.593. The number of aryl methyl sites for hydroxylation is 1. The molecular formula is C11H18N2O2S. The summed E-state index contributed by atoms with van der Waals surface area (Å²) in [6.45, 7) is 3.38. The molecule has 0 aliphatic heterocycles. The molecule has 0 saturated carbocycles. The fourth-order valence-corrected chi connectivity index (χ4v) is 1.95. The summed E-state index contributed by atoms with van der Waals surface area (Å²) < 4.78 is 21.7. The van der Waals surface area contributed by atoms with Crippen molar-refractivity contribution in [3.8, 4) is 0 Å². The molecule has 0 saturated heterocycles. The Morgan fingerprint density at radius 1 is 1.38 bits per heavy atom. The molecule has 1 aromatic rings. The van der Waals surface area contributed by atoms with Crippen LogP contribution in [0.4, 0.5) is 0 Å². The van der Waals surface area contributed by atoms with Crippen molar-refractivity contribution < 1.29 is 8.42 Å². The summed E-state index contributed by atoms with van der Waals surface area (Å²) >= 11 is 0. The molecule has 90 valence electrons. The number of aromatic nitrogens is 1. The van der Waals surface area contributed by atoms with E-state index >= 15 is 0 Å². The van der Waals surface area contributed by atoms with Gasteiger partial charge >= 0.3 is 0 Å². The average Bonchev–Trinajstić information content (AvgIpc) is 2.19. The fraction of sp³-hybridized carbons (Fsp3) is 0.545. The van der Waals surface area contributed by atoms with Crippen LogP contribution in [0.2, 0.25) is 0 Å². The van der Waals surface area contributed by atoms with Crippen molar-refractivity contribution in [3.05, 3.63) is 29.6 Å². The molecule has 4 nitrogen and oxygen atoms in total. The zero-order chi connectivity index (χ0) is 12.0. The van der Waals surface area contributed by atoms with E-state index in [4.69, 9.17) is 0 Å². The molecule has 0 bridgehead atoms. The Hall–Kier alpha value is -0.940. The molecular weight excluding hydrogens is 224 g/mol. The molecule has 0 radical (unpaired) electrons. The summed E-state index contributed by atoms with van der Waals surface area (Å²) in [6.07, 6.45) is 3.73. The van der Waals surface area contributed by atoms with Crippen LogP contribution in [-0.2, 0) is 16.4 Å². The maximum absolute atomic E-state index is 10.9. The molecule has 0 atom stereocenters. The molecule has 0 aliphatic rings. The van der Waals surface area contributed by atoms with E-state index in [1.165, 1.54) is 6.26 Å². The third kappa shape index (κ3) is 5.82. The predicted molar refractivity (Wildman–Crippen MR) is 65.0 cm³/mol. The summed E-state index contributed by atoms with van der Waals surface area (Å²) in [5, 5.41) is 3.17. The number of nitrogens with one attached hydrogen (secondary N) is 1. The van der Waals surface area contributed by atoms with Gasteiger partial charge in [-0.2, -0.15) is 0 Å². The standard InChI is InChI=1S/C11H18N2O2S/c1-10-4-5-11(13-8-10)9-12-6-3-7-16(2,14)15/h4-5,8,12H,3,6-7,9H2,1-2H3. The number of nitrogens with zero attached hydrogens (tertiary/aromatic N) is 1. The topological polar surface area (TPSA) is 59.1 Å². The monoisotopic (exact) mass is 242 g/mol. The molecule has 0 aromatic carbocycles. The highest BCUT2D eigenvalue weighted by Crippen LogP contribution is 1.97. The second kappa shape index (κ2) is 5.96. The first-order valence-corrected chi connectivity index (χ1v) is 7.33. The van der Waals surface area contributed by atoms with Crippen LogP contribution in [0.25, 0.3) is 0 Å². The van der Waals surface area contributed by atoms with Crippen LogP contribution in [0, 0.1) is 6.92 Å². The summed E-state index contributed by atoms with van der Waals surface area (Å²) in [5.41, 5.74) is 2.12. The molecule has 0 unspecified atom stereocenters. The van der Waals surface area contributed by atoms with Crippen molar-refractivity contribution in [1.82, 2.24) is 10.3 Å². The van der Waals surface area contributed by atoms with Crippen LogP contribution in [0.5, 0.6) is 0 Å². The second-order valence-corrected chi connectivity index (χ2v) is 6.25. The van der Waals surface area contributed by atoms with E-state index in [-0.39, 0.29) is 5.75 Å². The highest BCUT2D eigenvalue weighted by atomic mass is 32.2. The van der Waals surface area contributed by atoms with Crippen molar-refractivity contribution in [1.29, 1.82) is 0 Å². The fourth-order valence-electron chi connectivity index (χ4n) is 1.28. The number of hydrogen-bond acceptors (Lipinski definition) is 4. The molecule has 0 aliphatic carbocycles. The Balaban J connectivity index is 2.19. The minimum Gasteiger partial charge on any atom is -0.311 e. The highest BCUT2D eigenvalue weighted by Gasteiger charge is 2.00. The third-order valence-electron chi connectivity index (χ3n) is 2.15. The van der Waals surface area contributed by atoms with Gasteiger partial charge in [0.15, 0.2) is 0 Å². The van der Waals surface area contributed by atoms with E-state index in [9.17, 15) is 8.42 Å². The third-order valence-corrected chi connectivity index (χ3v) is 3.18. The Morgan fingerprint density at radius 3 is 2.69 bits per heavy atom. The van der Waals surface area contributed by atoms with E-state index in [0.29, 0.717) is 19.5 Å². The predicted octanol–water partition coefficient (Wildman–Crippen LogP) is 0.914. The lowest BCUT2D eigenvalue weighted by Gasteiger charge is -2.04. The maximum Gasteiger partial charge on any atom is 0.147 e. The van der Waals surface area contributed by atoms with Gasteiger partial charge in [0.25, 0.3) is 0 Å². The molecule has 1 heterocycles. The van der Waals surface area contributed by atoms with Gasteiger partial charge in [0.1, 0.15) is 9.84 Å². The average molecular weight is 242 g/mol. The van der Waals surface area contributed by atoms with Crippen LogP contribution in [-0.4, -0.2) is 32.0 Å². The normalized spacial score (nSPS) is 11.6. The van der Waals surface area contributed by atoms with E-state index in [1.54, 1.807) is 0 Å². The maximum atomic E-state index is 10.9. The zero-order valence-corrected chi connectivity index (χ0v) is 10.5. The van der Waals surface area contributed by atoms with Gasteiger partial charge in [-0.25, -0.2) is 8.42 Å². The molecule has 0 fully saturated rings.